The Morgan fingerprint density at radius 2 is 1.73 bits per heavy atom. The first-order valence-corrected chi connectivity index (χ1v) is 10.7. The third kappa shape index (κ3) is 4.02. The summed E-state index contributed by atoms with van der Waals surface area (Å²) >= 11 is 0. The number of rotatable bonds is 6. The van der Waals surface area contributed by atoms with Crippen LogP contribution < -0.4 is 16.0 Å². The third-order valence-corrected chi connectivity index (χ3v) is 6.52. The van der Waals surface area contributed by atoms with Crippen molar-refractivity contribution in [1.29, 1.82) is 0 Å². The quantitative estimate of drug-likeness (QED) is 0.601. The molecule has 0 aromatic heterocycles. The fourth-order valence-corrected chi connectivity index (χ4v) is 4.70. The molecule has 1 unspecified atom stereocenters. The molecule has 0 radical (unpaired) electrons. The molecule has 1 saturated carbocycles. The van der Waals surface area contributed by atoms with Gasteiger partial charge in [0, 0.05) is 19.0 Å². The summed E-state index contributed by atoms with van der Waals surface area (Å²) < 4.78 is 0. The van der Waals surface area contributed by atoms with Gasteiger partial charge in [-0.3, -0.25) is 29.4 Å². The highest BCUT2D eigenvalue weighted by Crippen LogP contribution is 2.28. The summed E-state index contributed by atoms with van der Waals surface area (Å²) in [4.78, 5) is 50.1. The van der Waals surface area contributed by atoms with Gasteiger partial charge in [-0.05, 0) is 69.3 Å². The Morgan fingerprint density at radius 1 is 1.00 bits per heavy atom. The monoisotopic (exact) mass is 412 g/mol. The number of nitrogens with zero attached hydrogens (tertiary/aromatic N) is 1. The van der Waals surface area contributed by atoms with Gasteiger partial charge in [0.15, 0.2) is 0 Å². The Kier molecular flexibility index (Phi) is 5.97. The van der Waals surface area contributed by atoms with Crippen LogP contribution in [0.1, 0.15) is 64.8 Å². The van der Waals surface area contributed by atoms with E-state index in [1.165, 1.54) is 25.7 Å². The number of fused-ring (bicyclic) bond motifs is 1. The standard InChI is InChI=1S/C22H28N4O4/c1-23-15-5-2-13(3-6-15)11-24-12-14-4-7-16-17(10-14)22(30)26(21(16)29)18-8-9-19(27)25-20(18)28/h4,7,10,13,15,18,23-24H,2-3,5-6,8-9,11-12H2,1H3,(H,25,27,28). The smallest absolute Gasteiger partial charge is 0.262 e. The number of carbonyl (C=O) groups excluding carboxylic acids is 4. The van der Waals surface area contributed by atoms with E-state index in [0.29, 0.717) is 29.6 Å². The summed E-state index contributed by atoms with van der Waals surface area (Å²) in [5.74, 6) is -1.23. The topological polar surface area (TPSA) is 108 Å². The molecule has 3 aliphatic rings. The molecule has 0 spiro atoms. The van der Waals surface area contributed by atoms with Gasteiger partial charge in [0.1, 0.15) is 6.04 Å². The zero-order valence-corrected chi connectivity index (χ0v) is 17.2. The fraction of sp³-hybridized carbons (Fsp3) is 0.545. The van der Waals surface area contributed by atoms with Crippen molar-refractivity contribution < 1.29 is 19.2 Å². The average molecular weight is 412 g/mol. The van der Waals surface area contributed by atoms with Crippen molar-refractivity contribution in [1.82, 2.24) is 20.9 Å². The molecule has 1 aliphatic carbocycles. The first-order valence-electron chi connectivity index (χ1n) is 10.7. The minimum atomic E-state index is -0.926. The highest BCUT2D eigenvalue weighted by Gasteiger charge is 2.44. The molecule has 30 heavy (non-hydrogen) atoms. The zero-order valence-electron chi connectivity index (χ0n) is 17.2. The highest BCUT2D eigenvalue weighted by molar-refractivity contribution is 6.23. The molecule has 2 fully saturated rings. The average Bonchev–Trinajstić information content (AvgIpc) is 2.99. The van der Waals surface area contributed by atoms with Crippen LogP contribution in [0.2, 0.25) is 0 Å². The second-order valence-corrected chi connectivity index (χ2v) is 8.46. The van der Waals surface area contributed by atoms with Crippen LogP contribution in [0.3, 0.4) is 0 Å². The summed E-state index contributed by atoms with van der Waals surface area (Å²) in [7, 11) is 2.02. The van der Waals surface area contributed by atoms with Gasteiger partial charge >= 0.3 is 0 Å². The van der Waals surface area contributed by atoms with Gasteiger partial charge < -0.3 is 10.6 Å². The maximum atomic E-state index is 12.9. The van der Waals surface area contributed by atoms with Crippen LogP contribution in [-0.2, 0) is 16.1 Å². The van der Waals surface area contributed by atoms with Crippen molar-refractivity contribution in [2.45, 2.75) is 57.2 Å². The van der Waals surface area contributed by atoms with E-state index >= 15 is 0 Å². The van der Waals surface area contributed by atoms with E-state index in [9.17, 15) is 19.2 Å². The summed E-state index contributed by atoms with van der Waals surface area (Å²) in [5, 5.41) is 9.03. The number of hydrogen-bond acceptors (Lipinski definition) is 6. The van der Waals surface area contributed by atoms with Crippen molar-refractivity contribution in [2.24, 2.45) is 5.92 Å². The van der Waals surface area contributed by atoms with Gasteiger partial charge in [-0.15, -0.1) is 0 Å². The Labute approximate surface area is 175 Å². The number of carbonyl (C=O) groups is 4. The molecule has 3 N–H and O–H groups in total. The molecule has 8 heteroatoms. The molecule has 1 saturated heterocycles. The molecule has 1 aromatic carbocycles. The molecule has 1 atom stereocenters. The summed E-state index contributed by atoms with van der Waals surface area (Å²) in [6, 6.07) is 4.96. The minimum Gasteiger partial charge on any atom is -0.317 e. The van der Waals surface area contributed by atoms with Gasteiger partial charge in [0.2, 0.25) is 11.8 Å². The van der Waals surface area contributed by atoms with Crippen molar-refractivity contribution >= 4 is 23.6 Å². The van der Waals surface area contributed by atoms with Gasteiger partial charge in [-0.1, -0.05) is 6.07 Å². The lowest BCUT2D eigenvalue weighted by Crippen LogP contribution is -2.54. The van der Waals surface area contributed by atoms with Crippen molar-refractivity contribution in [3.8, 4) is 0 Å². The predicted octanol–water partition coefficient (Wildman–Crippen LogP) is 0.956. The molecule has 2 heterocycles. The molecule has 1 aromatic rings. The number of amides is 4. The largest absolute Gasteiger partial charge is 0.317 e. The van der Waals surface area contributed by atoms with Gasteiger partial charge in [0.25, 0.3) is 11.8 Å². The molecular weight excluding hydrogens is 384 g/mol. The third-order valence-electron chi connectivity index (χ3n) is 6.52. The van der Waals surface area contributed by atoms with Gasteiger partial charge in [-0.2, -0.15) is 0 Å². The Balaban J connectivity index is 1.37. The molecule has 4 amide bonds. The molecule has 2 aliphatic heterocycles. The van der Waals surface area contributed by atoms with Gasteiger partial charge in [-0.25, -0.2) is 0 Å². The summed E-state index contributed by atoms with van der Waals surface area (Å²) in [6.45, 7) is 1.56. The summed E-state index contributed by atoms with van der Waals surface area (Å²) in [5.41, 5.74) is 1.58. The normalized spacial score (nSPS) is 26.7. The second-order valence-electron chi connectivity index (χ2n) is 8.46. The maximum Gasteiger partial charge on any atom is 0.262 e. The van der Waals surface area contributed by atoms with Crippen molar-refractivity contribution in [3.05, 3.63) is 34.9 Å². The van der Waals surface area contributed by atoms with E-state index in [1.54, 1.807) is 12.1 Å². The lowest BCUT2D eigenvalue weighted by molar-refractivity contribution is -0.136. The Hall–Kier alpha value is -2.58. The lowest BCUT2D eigenvalue weighted by atomic mass is 9.86. The second kappa shape index (κ2) is 8.65. The molecule has 160 valence electrons. The van der Waals surface area contributed by atoms with E-state index in [2.05, 4.69) is 16.0 Å². The number of piperidine rings is 1. The van der Waals surface area contributed by atoms with Crippen molar-refractivity contribution in [2.75, 3.05) is 13.6 Å². The van der Waals surface area contributed by atoms with Gasteiger partial charge in [0.05, 0.1) is 11.1 Å². The van der Waals surface area contributed by atoms with Crippen LogP contribution in [0.4, 0.5) is 0 Å². The van der Waals surface area contributed by atoms with Crippen LogP contribution in [0, 0.1) is 5.92 Å². The fourth-order valence-electron chi connectivity index (χ4n) is 4.70. The maximum absolute atomic E-state index is 12.9. The Morgan fingerprint density at radius 3 is 2.43 bits per heavy atom. The van der Waals surface area contributed by atoms with E-state index < -0.39 is 23.8 Å². The van der Waals surface area contributed by atoms with Crippen LogP contribution in [0.15, 0.2) is 18.2 Å². The van der Waals surface area contributed by atoms with Crippen molar-refractivity contribution in [3.63, 3.8) is 0 Å². The first-order chi connectivity index (χ1) is 14.5. The molecule has 0 bridgehead atoms. The number of imide groups is 2. The van der Waals surface area contributed by atoms with E-state index in [1.807, 2.05) is 13.1 Å². The van der Waals surface area contributed by atoms with E-state index in [4.69, 9.17) is 0 Å². The minimum absolute atomic E-state index is 0.120. The highest BCUT2D eigenvalue weighted by atomic mass is 16.2. The zero-order chi connectivity index (χ0) is 21.3. The first kappa shape index (κ1) is 20.7. The Bertz CT molecular complexity index is 876. The molecule has 4 rings (SSSR count). The van der Waals surface area contributed by atoms with E-state index in [-0.39, 0.29) is 18.7 Å². The van der Waals surface area contributed by atoms with Crippen LogP contribution in [-0.4, -0.2) is 54.2 Å². The SMILES string of the molecule is CNC1CCC(CNCc2ccc3c(c2)C(=O)N(C2CCC(=O)NC2=O)C3=O)CC1. The summed E-state index contributed by atoms with van der Waals surface area (Å²) in [6.07, 6.45) is 5.10. The molecule has 8 nitrogen and oxygen atoms in total. The van der Waals surface area contributed by atoms with Crippen LogP contribution in [0.25, 0.3) is 0 Å². The van der Waals surface area contributed by atoms with E-state index in [0.717, 1.165) is 17.0 Å². The number of nitrogens with one attached hydrogen (secondary N) is 3. The number of benzene rings is 1. The van der Waals surface area contributed by atoms with Crippen LogP contribution >= 0.6 is 0 Å². The predicted molar refractivity (Wildman–Crippen MR) is 110 cm³/mol. The van der Waals surface area contributed by atoms with Crippen LogP contribution in [0.5, 0.6) is 0 Å². The number of hydrogen-bond donors (Lipinski definition) is 3. The molecular formula is C22H28N4O4. The lowest BCUT2D eigenvalue weighted by Gasteiger charge is -2.28.